The van der Waals surface area contributed by atoms with Gasteiger partial charge in [-0.25, -0.2) is 12.8 Å². The smallest absolute Gasteiger partial charge is 0.255 e. The van der Waals surface area contributed by atoms with Crippen LogP contribution in [0, 0.1) is 5.82 Å². The minimum absolute atomic E-state index is 0.169. The van der Waals surface area contributed by atoms with Gasteiger partial charge in [-0.05, 0) is 37.6 Å². The van der Waals surface area contributed by atoms with Crippen LogP contribution in [0.3, 0.4) is 0 Å². The summed E-state index contributed by atoms with van der Waals surface area (Å²) in [5, 5.41) is 1.89. The number of benzene rings is 1. The van der Waals surface area contributed by atoms with E-state index in [9.17, 15) is 17.6 Å². The lowest BCUT2D eigenvalue weighted by Gasteiger charge is -2.27. The molecule has 0 bridgehead atoms. The van der Waals surface area contributed by atoms with E-state index in [4.69, 9.17) is 23.1 Å². The minimum Gasteiger partial charge on any atom is -0.357 e. The van der Waals surface area contributed by atoms with Crippen molar-refractivity contribution in [3.63, 3.8) is 0 Å². The topological polar surface area (TPSA) is 115 Å². The molecule has 0 saturated heterocycles. The summed E-state index contributed by atoms with van der Waals surface area (Å²) in [5.41, 5.74) is 11.2. The van der Waals surface area contributed by atoms with Crippen LogP contribution in [-0.2, 0) is 14.6 Å². The first-order valence-corrected chi connectivity index (χ1v) is 7.97. The molecular formula is C12H17ClFN3O3S. The van der Waals surface area contributed by atoms with Crippen molar-refractivity contribution >= 4 is 27.3 Å². The highest BCUT2D eigenvalue weighted by Gasteiger charge is 2.47. The zero-order valence-corrected chi connectivity index (χ0v) is 13.0. The molecule has 0 aromatic heterocycles. The van der Waals surface area contributed by atoms with Gasteiger partial charge in [-0.15, -0.1) is 0 Å². The maximum atomic E-state index is 13.1. The van der Waals surface area contributed by atoms with Gasteiger partial charge in [0, 0.05) is 7.05 Å². The Morgan fingerprint density at radius 1 is 1.48 bits per heavy atom. The zero-order chi connectivity index (χ0) is 16.3. The summed E-state index contributed by atoms with van der Waals surface area (Å²) in [6.07, 6.45) is 0.0428. The Morgan fingerprint density at radius 2 is 2.10 bits per heavy atom. The molecule has 1 aromatic carbocycles. The number of rotatable bonds is 6. The maximum Gasteiger partial charge on any atom is 0.255 e. The minimum atomic E-state index is -4.32. The third-order valence-electron chi connectivity index (χ3n) is 3.03. The van der Waals surface area contributed by atoms with Gasteiger partial charge in [0.15, 0.2) is 0 Å². The molecule has 118 valence electrons. The fraction of sp³-hybridized carbons (Fsp3) is 0.417. The Balaban J connectivity index is 3.43. The summed E-state index contributed by atoms with van der Waals surface area (Å²) in [4.78, 5) is 9.35. The molecule has 6 nitrogen and oxygen atoms in total. The number of halogens is 2. The van der Waals surface area contributed by atoms with E-state index in [2.05, 4.69) is 5.32 Å². The van der Waals surface area contributed by atoms with Gasteiger partial charge in [0.05, 0.1) is 9.92 Å². The molecule has 21 heavy (non-hydrogen) atoms. The second kappa shape index (κ2) is 6.69. The first-order valence-electron chi connectivity index (χ1n) is 6.11. The lowest BCUT2D eigenvalue weighted by Crippen LogP contribution is -2.58. The number of hydrogen-bond acceptors (Lipinski definition) is 5. The van der Waals surface area contributed by atoms with E-state index in [1.807, 2.05) is 0 Å². The van der Waals surface area contributed by atoms with E-state index in [0.717, 1.165) is 18.2 Å². The number of sulfone groups is 1. The predicted molar refractivity (Wildman–Crippen MR) is 77.9 cm³/mol. The zero-order valence-electron chi connectivity index (χ0n) is 11.4. The second-order valence-corrected chi connectivity index (χ2v) is 7.02. The Morgan fingerprint density at radius 3 is 2.57 bits per heavy atom. The fourth-order valence-corrected chi connectivity index (χ4v) is 4.02. The Labute approximate surface area is 127 Å². The molecule has 5 N–H and O–H groups in total. The maximum absolute atomic E-state index is 13.1. The molecule has 0 radical (unpaired) electrons. The molecule has 0 aliphatic heterocycles. The van der Waals surface area contributed by atoms with E-state index in [1.165, 1.54) is 7.05 Å². The highest BCUT2D eigenvalue weighted by Crippen LogP contribution is 2.31. The average molecular weight is 338 g/mol. The van der Waals surface area contributed by atoms with Crippen LogP contribution in [0.5, 0.6) is 0 Å². The van der Waals surface area contributed by atoms with Crippen molar-refractivity contribution in [1.29, 1.82) is 0 Å². The van der Waals surface area contributed by atoms with Crippen LogP contribution in [0.1, 0.15) is 12.8 Å². The van der Waals surface area contributed by atoms with Crippen LogP contribution in [0.4, 0.5) is 4.39 Å². The molecule has 0 spiro atoms. The molecule has 1 atom stereocenters. The molecule has 1 aromatic rings. The van der Waals surface area contributed by atoms with Crippen molar-refractivity contribution in [1.82, 2.24) is 5.32 Å². The van der Waals surface area contributed by atoms with Gasteiger partial charge in [-0.1, -0.05) is 11.6 Å². The fourth-order valence-electron chi connectivity index (χ4n) is 1.84. The third kappa shape index (κ3) is 3.34. The van der Waals surface area contributed by atoms with Gasteiger partial charge in [-0.3, -0.25) is 4.79 Å². The molecule has 9 heteroatoms. The molecule has 0 heterocycles. The summed E-state index contributed by atoms with van der Waals surface area (Å²) in [5.74, 6) is -1.57. The van der Waals surface area contributed by atoms with Crippen LogP contribution in [0.2, 0.25) is 5.02 Å². The van der Waals surface area contributed by atoms with Crippen molar-refractivity contribution < 1.29 is 17.6 Å². The van der Waals surface area contributed by atoms with Crippen molar-refractivity contribution in [2.24, 2.45) is 11.5 Å². The van der Waals surface area contributed by atoms with Crippen molar-refractivity contribution in [3.05, 3.63) is 29.0 Å². The highest BCUT2D eigenvalue weighted by molar-refractivity contribution is 7.93. The van der Waals surface area contributed by atoms with E-state index >= 15 is 0 Å². The van der Waals surface area contributed by atoms with Gasteiger partial charge >= 0.3 is 0 Å². The van der Waals surface area contributed by atoms with E-state index in [0.29, 0.717) is 0 Å². The molecular weight excluding hydrogens is 321 g/mol. The number of likely N-dealkylation sites (N-methyl/N-ethyl adjacent to an activating group) is 1. The Hall–Kier alpha value is -1.22. The van der Waals surface area contributed by atoms with E-state index in [-0.39, 0.29) is 24.4 Å². The number of carbonyl (C=O) groups is 1. The summed E-state index contributed by atoms with van der Waals surface area (Å²) in [6.45, 7) is 0.169. The van der Waals surface area contributed by atoms with Crippen LogP contribution < -0.4 is 16.8 Å². The van der Waals surface area contributed by atoms with Gasteiger partial charge in [-0.2, -0.15) is 0 Å². The number of hydrogen-bond donors (Lipinski definition) is 3. The first kappa shape index (κ1) is 17.8. The molecule has 0 aliphatic carbocycles. The summed E-state index contributed by atoms with van der Waals surface area (Å²) >= 11 is 5.77. The number of nitrogens with two attached hydrogens (primary N) is 2. The molecule has 0 unspecified atom stereocenters. The average Bonchev–Trinajstić information content (AvgIpc) is 2.43. The van der Waals surface area contributed by atoms with Crippen LogP contribution in [0.15, 0.2) is 23.1 Å². The monoisotopic (exact) mass is 337 g/mol. The highest BCUT2D eigenvalue weighted by atomic mass is 35.5. The Kier molecular flexibility index (Phi) is 5.68. The molecule has 0 saturated carbocycles. The molecule has 0 aliphatic rings. The van der Waals surface area contributed by atoms with Gasteiger partial charge < -0.3 is 16.8 Å². The standard InChI is InChI=1S/C12H17ClFN3O3S/c1-17-11(18)12(16,5-2-6-15)21(19,20)10-4-3-8(14)7-9(10)13/h3-4,7H,2,5-6,15-16H2,1H3,(H,17,18)/t12-/m0/s1. The summed E-state index contributed by atoms with van der Waals surface area (Å²) in [6, 6.07) is 2.77. The molecule has 0 fully saturated rings. The van der Waals surface area contributed by atoms with Crippen molar-refractivity contribution in [3.8, 4) is 0 Å². The molecule has 1 amide bonds. The SMILES string of the molecule is CNC(=O)[C@](N)(CCCN)S(=O)(=O)c1ccc(F)cc1Cl. The van der Waals surface area contributed by atoms with E-state index in [1.54, 1.807) is 0 Å². The van der Waals surface area contributed by atoms with Crippen molar-refractivity contribution in [2.75, 3.05) is 13.6 Å². The van der Waals surface area contributed by atoms with Gasteiger partial charge in [0.25, 0.3) is 5.91 Å². The summed E-state index contributed by atoms with van der Waals surface area (Å²) < 4.78 is 38.4. The third-order valence-corrected chi connectivity index (χ3v) is 5.74. The number of nitrogens with one attached hydrogen (secondary N) is 1. The number of amides is 1. The normalized spacial score (nSPS) is 14.5. The van der Waals surface area contributed by atoms with Crippen LogP contribution in [-0.4, -0.2) is 32.8 Å². The summed E-state index contributed by atoms with van der Waals surface area (Å²) in [7, 11) is -3.05. The number of carbonyl (C=O) groups excluding carboxylic acids is 1. The van der Waals surface area contributed by atoms with Crippen molar-refractivity contribution in [2.45, 2.75) is 22.6 Å². The first-order chi connectivity index (χ1) is 9.70. The molecule has 1 rings (SSSR count). The van der Waals surface area contributed by atoms with E-state index < -0.39 is 31.3 Å². The largest absolute Gasteiger partial charge is 0.357 e. The van der Waals surface area contributed by atoms with Crippen LogP contribution in [0.25, 0.3) is 0 Å². The van der Waals surface area contributed by atoms with Crippen LogP contribution >= 0.6 is 11.6 Å². The van der Waals surface area contributed by atoms with Gasteiger partial charge in [0.2, 0.25) is 14.7 Å². The lowest BCUT2D eigenvalue weighted by molar-refractivity contribution is -0.123. The Bertz CT molecular complexity index is 639. The second-order valence-electron chi connectivity index (χ2n) is 4.44. The quantitative estimate of drug-likeness (QED) is 0.650. The van der Waals surface area contributed by atoms with Gasteiger partial charge in [0.1, 0.15) is 5.82 Å². The predicted octanol–water partition coefficient (Wildman–Crippen LogP) is 0.393. The lowest BCUT2D eigenvalue weighted by atomic mass is 10.1.